The molecule has 1 aromatic rings. The Morgan fingerprint density at radius 1 is 1.32 bits per heavy atom. The lowest BCUT2D eigenvalue weighted by atomic mass is 9.98. The number of anilines is 1. The molecule has 1 amide bonds. The minimum atomic E-state index is 0.275. The van der Waals surface area contributed by atoms with Crippen LogP contribution in [0.4, 0.5) is 5.69 Å². The molecule has 0 saturated carbocycles. The van der Waals surface area contributed by atoms with Crippen LogP contribution in [0.5, 0.6) is 0 Å². The fourth-order valence-corrected chi connectivity index (χ4v) is 3.03. The van der Waals surface area contributed by atoms with Crippen LogP contribution >= 0.6 is 0 Å². The molecular formula is C18H28N2O2. The van der Waals surface area contributed by atoms with E-state index in [0.717, 1.165) is 32.5 Å². The number of ether oxygens (including phenoxy) is 1. The third-order valence-corrected chi connectivity index (χ3v) is 4.35. The molecule has 4 heteroatoms. The second-order valence-electron chi connectivity index (χ2n) is 6.36. The number of benzene rings is 1. The van der Waals surface area contributed by atoms with Crippen LogP contribution in [0.25, 0.3) is 0 Å². The van der Waals surface area contributed by atoms with Gasteiger partial charge >= 0.3 is 0 Å². The lowest BCUT2D eigenvalue weighted by Gasteiger charge is -2.32. The summed E-state index contributed by atoms with van der Waals surface area (Å²) in [6.07, 6.45) is 3.68. The van der Waals surface area contributed by atoms with Crippen molar-refractivity contribution in [2.75, 3.05) is 45.8 Å². The van der Waals surface area contributed by atoms with E-state index < -0.39 is 0 Å². The molecule has 1 heterocycles. The fraction of sp³-hybridized carbons (Fsp3) is 0.611. The van der Waals surface area contributed by atoms with Crippen molar-refractivity contribution in [2.24, 2.45) is 5.92 Å². The van der Waals surface area contributed by atoms with Gasteiger partial charge in [-0.25, -0.2) is 0 Å². The van der Waals surface area contributed by atoms with Crippen LogP contribution in [-0.2, 0) is 16.0 Å². The number of hydrogen-bond acceptors (Lipinski definition) is 3. The summed E-state index contributed by atoms with van der Waals surface area (Å²) in [5.41, 5.74) is 2.41. The Kier molecular flexibility index (Phi) is 6.25. The maximum atomic E-state index is 12.4. The zero-order valence-corrected chi connectivity index (χ0v) is 14.0. The van der Waals surface area contributed by atoms with E-state index in [1.807, 2.05) is 19.0 Å². The number of nitrogens with zero attached hydrogens (tertiary/aromatic N) is 2. The molecule has 0 N–H and O–H groups in total. The average Bonchev–Trinajstić information content (AvgIpc) is 2.53. The van der Waals surface area contributed by atoms with Gasteiger partial charge in [0.2, 0.25) is 5.91 Å². The Morgan fingerprint density at radius 2 is 2.05 bits per heavy atom. The van der Waals surface area contributed by atoms with Crippen molar-refractivity contribution in [1.82, 2.24) is 4.90 Å². The summed E-state index contributed by atoms with van der Waals surface area (Å²) in [5.74, 6) is 0.777. The zero-order chi connectivity index (χ0) is 15.9. The predicted molar refractivity (Wildman–Crippen MR) is 90.3 cm³/mol. The Labute approximate surface area is 134 Å². The van der Waals surface area contributed by atoms with Gasteiger partial charge in [-0.1, -0.05) is 12.1 Å². The van der Waals surface area contributed by atoms with Crippen LogP contribution in [0.2, 0.25) is 0 Å². The average molecular weight is 304 g/mol. The molecule has 0 aliphatic carbocycles. The van der Waals surface area contributed by atoms with Crippen molar-refractivity contribution >= 4 is 11.6 Å². The van der Waals surface area contributed by atoms with Crippen molar-refractivity contribution < 1.29 is 9.53 Å². The first-order valence-electron chi connectivity index (χ1n) is 8.13. The first-order valence-corrected chi connectivity index (χ1v) is 8.13. The Balaban J connectivity index is 1.81. The minimum Gasteiger partial charge on any atom is -0.384 e. The first-order chi connectivity index (χ1) is 10.6. The number of carbonyl (C=O) groups excluding carboxylic acids is 1. The van der Waals surface area contributed by atoms with Crippen LogP contribution < -0.4 is 4.90 Å². The van der Waals surface area contributed by atoms with E-state index in [9.17, 15) is 4.79 Å². The van der Waals surface area contributed by atoms with Gasteiger partial charge < -0.3 is 14.5 Å². The van der Waals surface area contributed by atoms with Crippen molar-refractivity contribution in [3.05, 3.63) is 29.8 Å². The SMILES string of the molecule is COC[C@H]1CCCN(C(=O)CCc2ccc(N(C)C)cc2)C1. The number of amides is 1. The van der Waals surface area contributed by atoms with Gasteiger partial charge in [-0.2, -0.15) is 0 Å². The van der Waals surface area contributed by atoms with Gasteiger partial charge in [0.1, 0.15) is 0 Å². The lowest BCUT2D eigenvalue weighted by Crippen LogP contribution is -2.41. The third kappa shape index (κ3) is 4.73. The highest BCUT2D eigenvalue weighted by Gasteiger charge is 2.23. The summed E-state index contributed by atoms with van der Waals surface area (Å²) in [5, 5.41) is 0. The molecule has 2 rings (SSSR count). The van der Waals surface area contributed by atoms with E-state index >= 15 is 0 Å². The Hall–Kier alpha value is -1.55. The summed E-state index contributed by atoms with van der Waals surface area (Å²) in [7, 11) is 5.80. The summed E-state index contributed by atoms with van der Waals surface area (Å²) < 4.78 is 5.23. The molecule has 1 aromatic carbocycles. The molecule has 0 unspecified atom stereocenters. The molecule has 0 bridgehead atoms. The third-order valence-electron chi connectivity index (χ3n) is 4.35. The van der Waals surface area contributed by atoms with Crippen molar-refractivity contribution in [3.8, 4) is 0 Å². The van der Waals surface area contributed by atoms with E-state index in [-0.39, 0.29) is 5.91 Å². The minimum absolute atomic E-state index is 0.275. The molecule has 1 atom stereocenters. The molecule has 0 radical (unpaired) electrons. The summed E-state index contributed by atoms with van der Waals surface area (Å²) in [6.45, 7) is 2.51. The maximum absolute atomic E-state index is 12.4. The predicted octanol–water partition coefficient (Wildman–Crippen LogP) is 2.57. The van der Waals surface area contributed by atoms with Crippen LogP contribution in [0, 0.1) is 5.92 Å². The Bertz CT molecular complexity index is 468. The van der Waals surface area contributed by atoms with Gasteiger partial charge in [0.05, 0.1) is 6.61 Å². The number of carbonyl (C=O) groups is 1. The van der Waals surface area contributed by atoms with E-state index in [1.54, 1.807) is 7.11 Å². The lowest BCUT2D eigenvalue weighted by molar-refractivity contribution is -0.133. The number of methoxy groups -OCH3 is 1. The number of piperidine rings is 1. The molecule has 0 aromatic heterocycles. The van der Waals surface area contributed by atoms with Gasteiger partial charge in [0.15, 0.2) is 0 Å². The monoisotopic (exact) mass is 304 g/mol. The molecule has 1 saturated heterocycles. The number of aryl methyl sites for hydroxylation is 1. The largest absolute Gasteiger partial charge is 0.384 e. The van der Waals surface area contributed by atoms with E-state index in [0.29, 0.717) is 12.3 Å². The van der Waals surface area contributed by atoms with Crippen molar-refractivity contribution in [2.45, 2.75) is 25.7 Å². The smallest absolute Gasteiger partial charge is 0.222 e. The quantitative estimate of drug-likeness (QED) is 0.810. The van der Waals surface area contributed by atoms with Gasteiger partial charge in [-0.15, -0.1) is 0 Å². The van der Waals surface area contributed by atoms with Crippen LogP contribution in [0.1, 0.15) is 24.8 Å². The highest BCUT2D eigenvalue weighted by Crippen LogP contribution is 2.18. The van der Waals surface area contributed by atoms with Crippen molar-refractivity contribution in [1.29, 1.82) is 0 Å². The summed E-state index contributed by atoms with van der Waals surface area (Å²) in [4.78, 5) is 16.5. The van der Waals surface area contributed by atoms with Crippen LogP contribution in [-0.4, -0.2) is 51.7 Å². The number of rotatable bonds is 6. The van der Waals surface area contributed by atoms with E-state index in [4.69, 9.17) is 4.74 Å². The van der Waals surface area contributed by atoms with E-state index in [2.05, 4.69) is 29.2 Å². The second-order valence-corrected chi connectivity index (χ2v) is 6.36. The van der Waals surface area contributed by atoms with Crippen molar-refractivity contribution in [3.63, 3.8) is 0 Å². The molecule has 1 aliphatic rings. The highest BCUT2D eigenvalue weighted by atomic mass is 16.5. The van der Waals surface area contributed by atoms with Gasteiger partial charge in [-0.3, -0.25) is 4.79 Å². The zero-order valence-electron chi connectivity index (χ0n) is 14.0. The second kappa shape index (κ2) is 8.18. The van der Waals surface area contributed by atoms with Gasteiger partial charge in [0.25, 0.3) is 0 Å². The van der Waals surface area contributed by atoms with Crippen LogP contribution in [0.15, 0.2) is 24.3 Å². The summed E-state index contributed by atoms with van der Waals surface area (Å²) >= 11 is 0. The molecule has 0 spiro atoms. The highest BCUT2D eigenvalue weighted by molar-refractivity contribution is 5.76. The molecular weight excluding hydrogens is 276 g/mol. The molecule has 122 valence electrons. The number of likely N-dealkylation sites (tertiary alicyclic amines) is 1. The van der Waals surface area contributed by atoms with Crippen LogP contribution in [0.3, 0.4) is 0 Å². The standard InChI is InChI=1S/C18H28N2O2/c1-19(2)17-9-6-15(7-10-17)8-11-18(21)20-12-4-5-16(13-20)14-22-3/h6-7,9-10,16H,4-5,8,11-14H2,1-3H3/t16-/m0/s1. The molecule has 4 nitrogen and oxygen atoms in total. The Morgan fingerprint density at radius 3 is 2.68 bits per heavy atom. The maximum Gasteiger partial charge on any atom is 0.222 e. The first kappa shape index (κ1) is 16.8. The molecule has 1 aliphatic heterocycles. The number of hydrogen-bond donors (Lipinski definition) is 0. The fourth-order valence-electron chi connectivity index (χ4n) is 3.03. The normalized spacial score (nSPS) is 18.3. The summed E-state index contributed by atoms with van der Waals surface area (Å²) in [6, 6.07) is 8.45. The topological polar surface area (TPSA) is 32.8 Å². The molecule has 1 fully saturated rings. The van der Waals surface area contributed by atoms with Gasteiger partial charge in [-0.05, 0) is 42.9 Å². The molecule has 22 heavy (non-hydrogen) atoms. The van der Waals surface area contributed by atoms with Gasteiger partial charge in [0, 0.05) is 46.4 Å². The van der Waals surface area contributed by atoms with E-state index in [1.165, 1.54) is 17.7 Å².